The summed E-state index contributed by atoms with van der Waals surface area (Å²) in [6.45, 7) is 4.28. The third kappa shape index (κ3) is 3.57. The maximum Gasteiger partial charge on any atom is 0.266 e. The van der Waals surface area contributed by atoms with Gasteiger partial charge in [-0.2, -0.15) is 5.10 Å². The van der Waals surface area contributed by atoms with Crippen LogP contribution in [0.1, 0.15) is 34.0 Å². The van der Waals surface area contributed by atoms with Crippen molar-refractivity contribution in [2.45, 2.75) is 26.8 Å². The average Bonchev–Trinajstić information content (AvgIpc) is 3.16. The highest BCUT2D eigenvalue weighted by Crippen LogP contribution is 2.26. The van der Waals surface area contributed by atoms with Crippen LogP contribution in [0.15, 0.2) is 59.5 Å². The average molecular weight is 402 g/mol. The second-order valence-corrected chi connectivity index (χ2v) is 7.19. The van der Waals surface area contributed by atoms with Crippen molar-refractivity contribution in [2.24, 2.45) is 0 Å². The molecule has 0 unspecified atom stereocenters. The molecule has 0 aliphatic heterocycles. The standard InChI is InChI=1S/C23H22N4O3/c1-3-15-7-9-16(10-8-15)12-24-22(29)19-20(28)18-13-25-27(21(18)26-23(19)30)17-6-4-5-14(2)11-17/h4-11,13H,3,12H2,1-2H3,(H,24,29)(H2,26,28,30). The van der Waals surface area contributed by atoms with E-state index >= 15 is 0 Å². The zero-order valence-corrected chi connectivity index (χ0v) is 16.8. The van der Waals surface area contributed by atoms with Crippen molar-refractivity contribution in [1.82, 2.24) is 20.1 Å². The van der Waals surface area contributed by atoms with Gasteiger partial charge in [0.15, 0.2) is 0 Å². The van der Waals surface area contributed by atoms with Crippen molar-refractivity contribution in [3.8, 4) is 11.4 Å². The van der Waals surface area contributed by atoms with Crippen LogP contribution >= 0.6 is 0 Å². The molecule has 0 saturated carbocycles. The summed E-state index contributed by atoms with van der Waals surface area (Å²) in [5.74, 6) is -1.02. The topological polar surface area (TPSA) is 100 Å². The van der Waals surface area contributed by atoms with Crippen LogP contribution in [-0.2, 0) is 13.0 Å². The molecule has 3 N–H and O–H groups in total. The largest absolute Gasteiger partial charge is 0.506 e. The van der Waals surface area contributed by atoms with E-state index in [-0.39, 0.29) is 17.9 Å². The number of aromatic nitrogens is 3. The Morgan fingerprint density at radius 2 is 1.90 bits per heavy atom. The molecule has 2 aromatic heterocycles. The van der Waals surface area contributed by atoms with E-state index in [2.05, 4.69) is 22.3 Å². The molecular formula is C23H22N4O3. The van der Waals surface area contributed by atoms with E-state index in [1.165, 1.54) is 16.4 Å². The summed E-state index contributed by atoms with van der Waals surface area (Å²) >= 11 is 0. The number of nitrogens with zero attached hydrogens (tertiary/aromatic N) is 2. The molecule has 0 aliphatic carbocycles. The number of H-pyrrole nitrogens is 1. The number of fused-ring (bicyclic) bond motifs is 1. The normalized spacial score (nSPS) is 11.0. The van der Waals surface area contributed by atoms with E-state index < -0.39 is 11.5 Å². The number of amides is 1. The van der Waals surface area contributed by atoms with Crippen molar-refractivity contribution < 1.29 is 9.90 Å². The highest BCUT2D eigenvalue weighted by Gasteiger charge is 2.21. The van der Waals surface area contributed by atoms with Gasteiger partial charge in [-0.1, -0.05) is 43.3 Å². The number of hydrogen-bond acceptors (Lipinski definition) is 4. The fraction of sp³-hybridized carbons (Fsp3) is 0.174. The molecule has 2 aromatic carbocycles. The van der Waals surface area contributed by atoms with Gasteiger partial charge in [-0.3, -0.25) is 9.59 Å². The number of hydrogen-bond donors (Lipinski definition) is 3. The lowest BCUT2D eigenvalue weighted by molar-refractivity contribution is 0.0947. The van der Waals surface area contributed by atoms with E-state index in [1.807, 2.05) is 55.5 Å². The van der Waals surface area contributed by atoms with E-state index in [4.69, 9.17) is 0 Å². The Kier molecular flexibility index (Phi) is 5.10. The fourth-order valence-electron chi connectivity index (χ4n) is 3.38. The number of aromatic amines is 1. The Labute approximate surface area is 173 Å². The van der Waals surface area contributed by atoms with E-state index in [0.717, 1.165) is 23.2 Å². The van der Waals surface area contributed by atoms with Gasteiger partial charge in [-0.25, -0.2) is 4.68 Å². The molecule has 0 bridgehead atoms. The molecule has 2 heterocycles. The molecule has 0 spiro atoms. The smallest absolute Gasteiger partial charge is 0.266 e. The van der Waals surface area contributed by atoms with Gasteiger partial charge in [-0.05, 0) is 42.2 Å². The molecule has 0 saturated heterocycles. The summed E-state index contributed by atoms with van der Waals surface area (Å²) < 4.78 is 1.53. The Morgan fingerprint density at radius 3 is 2.60 bits per heavy atom. The Morgan fingerprint density at radius 1 is 1.17 bits per heavy atom. The number of nitrogens with one attached hydrogen (secondary N) is 2. The minimum Gasteiger partial charge on any atom is -0.506 e. The van der Waals surface area contributed by atoms with Crippen LogP contribution in [0.2, 0.25) is 0 Å². The summed E-state index contributed by atoms with van der Waals surface area (Å²) in [5.41, 5.74) is 3.22. The molecule has 1 amide bonds. The summed E-state index contributed by atoms with van der Waals surface area (Å²) in [5, 5.41) is 17.9. The van der Waals surface area contributed by atoms with Crippen molar-refractivity contribution in [2.75, 3.05) is 0 Å². The summed E-state index contributed by atoms with van der Waals surface area (Å²) in [4.78, 5) is 27.9. The molecule has 152 valence electrons. The lowest BCUT2D eigenvalue weighted by Gasteiger charge is -2.09. The molecule has 0 fully saturated rings. The fourth-order valence-corrected chi connectivity index (χ4v) is 3.38. The quantitative estimate of drug-likeness (QED) is 0.477. The van der Waals surface area contributed by atoms with Gasteiger partial charge in [0.1, 0.15) is 17.0 Å². The first-order chi connectivity index (χ1) is 14.5. The molecule has 0 atom stereocenters. The monoisotopic (exact) mass is 402 g/mol. The number of carbonyl (C=O) groups excluding carboxylic acids is 1. The van der Waals surface area contributed by atoms with Gasteiger partial charge in [0, 0.05) is 6.54 Å². The molecule has 7 heteroatoms. The molecular weight excluding hydrogens is 380 g/mol. The van der Waals surface area contributed by atoms with Crippen LogP contribution in [0.25, 0.3) is 16.7 Å². The third-order valence-corrected chi connectivity index (χ3v) is 5.08. The Bertz CT molecular complexity index is 1290. The lowest BCUT2D eigenvalue weighted by Crippen LogP contribution is -2.29. The molecule has 0 aliphatic rings. The SMILES string of the molecule is CCc1ccc(CNC(=O)c2c(O)c3cnn(-c4cccc(C)c4)c3[nH]c2=O)cc1. The number of benzene rings is 2. The number of aromatic hydroxyl groups is 1. The number of pyridine rings is 1. The number of aryl methyl sites for hydroxylation is 2. The van der Waals surface area contributed by atoms with Gasteiger partial charge in [0.25, 0.3) is 11.5 Å². The Balaban J connectivity index is 1.64. The van der Waals surface area contributed by atoms with Crippen molar-refractivity contribution in [3.05, 3.63) is 87.3 Å². The first-order valence-corrected chi connectivity index (χ1v) is 9.74. The van der Waals surface area contributed by atoms with E-state index in [1.54, 1.807) is 0 Å². The van der Waals surface area contributed by atoms with Crippen LogP contribution in [0, 0.1) is 6.92 Å². The Hall–Kier alpha value is -3.87. The second kappa shape index (κ2) is 7.87. The van der Waals surface area contributed by atoms with Gasteiger partial charge in [-0.15, -0.1) is 0 Å². The predicted molar refractivity (Wildman–Crippen MR) is 115 cm³/mol. The minimum absolute atomic E-state index is 0.252. The van der Waals surface area contributed by atoms with Crippen LogP contribution in [0.5, 0.6) is 5.75 Å². The molecule has 7 nitrogen and oxygen atoms in total. The highest BCUT2D eigenvalue weighted by molar-refractivity contribution is 6.01. The van der Waals surface area contributed by atoms with Crippen LogP contribution in [-0.4, -0.2) is 25.8 Å². The van der Waals surface area contributed by atoms with E-state index in [9.17, 15) is 14.7 Å². The van der Waals surface area contributed by atoms with Crippen molar-refractivity contribution >= 4 is 16.9 Å². The summed E-state index contributed by atoms with van der Waals surface area (Å²) in [6, 6.07) is 15.4. The van der Waals surface area contributed by atoms with Crippen molar-refractivity contribution in [3.63, 3.8) is 0 Å². The molecule has 0 radical (unpaired) electrons. The maximum atomic E-state index is 12.6. The first kappa shape index (κ1) is 19.4. The van der Waals surface area contributed by atoms with Crippen molar-refractivity contribution in [1.29, 1.82) is 0 Å². The minimum atomic E-state index is -0.673. The van der Waals surface area contributed by atoms with Crippen LogP contribution in [0.4, 0.5) is 0 Å². The zero-order valence-electron chi connectivity index (χ0n) is 16.8. The molecule has 30 heavy (non-hydrogen) atoms. The summed E-state index contributed by atoms with van der Waals surface area (Å²) in [6.07, 6.45) is 2.37. The van der Waals surface area contributed by atoms with Gasteiger partial charge >= 0.3 is 0 Å². The third-order valence-electron chi connectivity index (χ3n) is 5.08. The maximum absolute atomic E-state index is 12.6. The molecule has 4 rings (SSSR count). The first-order valence-electron chi connectivity index (χ1n) is 9.74. The van der Waals surface area contributed by atoms with Crippen LogP contribution in [0.3, 0.4) is 0 Å². The number of rotatable bonds is 5. The summed E-state index contributed by atoms with van der Waals surface area (Å²) in [7, 11) is 0. The second-order valence-electron chi connectivity index (χ2n) is 7.19. The van der Waals surface area contributed by atoms with Gasteiger partial charge in [0.2, 0.25) is 0 Å². The van der Waals surface area contributed by atoms with Crippen LogP contribution < -0.4 is 10.9 Å². The van der Waals surface area contributed by atoms with Gasteiger partial charge in [0.05, 0.1) is 17.3 Å². The predicted octanol–water partition coefficient (Wildman–Crippen LogP) is 3.22. The van der Waals surface area contributed by atoms with E-state index in [0.29, 0.717) is 11.0 Å². The molecule has 4 aromatic rings. The highest BCUT2D eigenvalue weighted by atomic mass is 16.3. The van der Waals surface area contributed by atoms with Gasteiger partial charge < -0.3 is 15.4 Å². The number of carbonyl (C=O) groups is 1. The lowest BCUT2D eigenvalue weighted by atomic mass is 10.1. The zero-order chi connectivity index (χ0) is 21.3.